The van der Waals surface area contributed by atoms with E-state index in [9.17, 15) is 9.59 Å². The van der Waals surface area contributed by atoms with Gasteiger partial charge in [-0.1, -0.05) is 6.07 Å². The first-order valence-corrected chi connectivity index (χ1v) is 5.44. The van der Waals surface area contributed by atoms with E-state index in [-0.39, 0.29) is 11.8 Å². The topological polar surface area (TPSA) is 70.2 Å². The minimum Gasteiger partial charge on any atom is -0.355 e. The molecule has 2 amide bonds. The molecule has 0 saturated heterocycles. The molecule has 0 atom stereocenters. The number of likely N-dealkylation sites (N-methyl/N-ethyl adjacent to an activating group) is 1. The molecule has 0 radical (unpaired) electrons. The molecule has 1 rings (SSSR count). The quantitative estimate of drug-likeness (QED) is 0.629. The second-order valence-corrected chi connectivity index (χ2v) is 3.52. The summed E-state index contributed by atoms with van der Waals surface area (Å²) in [6.07, 6.45) is 0. The van der Waals surface area contributed by atoms with Crippen molar-refractivity contribution in [3.05, 3.63) is 35.4 Å². The lowest BCUT2D eigenvalue weighted by Crippen LogP contribution is -2.30. The molecule has 17 heavy (non-hydrogen) atoms. The van der Waals surface area contributed by atoms with Gasteiger partial charge < -0.3 is 16.0 Å². The number of hydrogen-bond acceptors (Lipinski definition) is 3. The maximum Gasteiger partial charge on any atom is 0.251 e. The van der Waals surface area contributed by atoms with Crippen molar-refractivity contribution in [2.75, 3.05) is 27.2 Å². The number of carbonyl (C=O) groups is 2. The van der Waals surface area contributed by atoms with Crippen LogP contribution < -0.4 is 16.0 Å². The van der Waals surface area contributed by atoms with Crippen molar-refractivity contribution in [1.29, 1.82) is 0 Å². The van der Waals surface area contributed by atoms with Crippen molar-refractivity contribution in [3.8, 4) is 0 Å². The van der Waals surface area contributed by atoms with E-state index in [0.717, 1.165) is 0 Å². The molecule has 0 saturated carbocycles. The van der Waals surface area contributed by atoms with E-state index in [1.165, 1.54) is 0 Å². The fourth-order valence-corrected chi connectivity index (χ4v) is 1.35. The zero-order chi connectivity index (χ0) is 12.7. The van der Waals surface area contributed by atoms with Crippen molar-refractivity contribution >= 4 is 11.8 Å². The van der Waals surface area contributed by atoms with Crippen molar-refractivity contribution in [2.24, 2.45) is 0 Å². The van der Waals surface area contributed by atoms with Gasteiger partial charge in [-0.15, -0.1) is 0 Å². The monoisotopic (exact) mass is 235 g/mol. The van der Waals surface area contributed by atoms with Gasteiger partial charge in [-0.05, 0) is 25.2 Å². The Labute approximate surface area is 101 Å². The Kier molecular flexibility index (Phi) is 5.16. The molecule has 0 aromatic heterocycles. The molecule has 1 aromatic carbocycles. The molecule has 5 heteroatoms. The molecular formula is C12H17N3O2. The molecule has 92 valence electrons. The highest BCUT2D eigenvalue weighted by Gasteiger charge is 2.08. The lowest BCUT2D eigenvalue weighted by molar-refractivity contribution is 0.0954. The van der Waals surface area contributed by atoms with E-state index in [1.54, 1.807) is 31.3 Å². The molecule has 0 aliphatic heterocycles. The Morgan fingerprint density at radius 3 is 2.29 bits per heavy atom. The van der Waals surface area contributed by atoms with E-state index >= 15 is 0 Å². The van der Waals surface area contributed by atoms with Gasteiger partial charge in [0.25, 0.3) is 11.8 Å². The predicted molar refractivity (Wildman–Crippen MR) is 66.1 cm³/mol. The third-order valence-corrected chi connectivity index (χ3v) is 2.27. The SMILES string of the molecule is CNCCNC(=O)c1cccc(C(=O)NC)c1. The zero-order valence-electron chi connectivity index (χ0n) is 10.0. The second-order valence-electron chi connectivity index (χ2n) is 3.52. The maximum atomic E-state index is 11.7. The summed E-state index contributed by atoms with van der Waals surface area (Å²) < 4.78 is 0. The molecule has 0 aliphatic carbocycles. The Morgan fingerprint density at radius 2 is 1.71 bits per heavy atom. The largest absolute Gasteiger partial charge is 0.355 e. The van der Waals surface area contributed by atoms with Crippen LogP contribution in [0.2, 0.25) is 0 Å². The number of benzene rings is 1. The highest BCUT2D eigenvalue weighted by molar-refractivity contribution is 5.99. The summed E-state index contributed by atoms with van der Waals surface area (Å²) in [6.45, 7) is 1.26. The van der Waals surface area contributed by atoms with Crippen molar-refractivity contribution in [1.82, 2.24) is 16.0 Å². The van der Waals surface area contributed by atoms with Gasteiger partial charge in [-0.25, -0.2) is 0 Å². The van der Waals surface area contributed by atoms with Crippen LogP contribution in [0.15, 0.2) is 24.3 Å². The molecule has 0 heterocycles. The van der Waals surface area contributed by atoms with Gasteiger partial charge in [0, 0.05) is 31.3 Å². The minimum absolute atomic E-state index is 0.175. The van der Waals surface area contributed by atoms with Crippen LogP contribution in [0.25, 0.3) is 0 Å². The predicted octanol–water partition coefficient (Wildman–Crippen LogP) is -0.00460. The van der Waals surface area contributed by atoms with Crippen LogP contribution >= 0.6 is 0 Å². The fraction of sp³-hybridized carbons (Fsp3) is 0.333. The van der Waals surface area contributed by atoms with E-state index in [0.29, 0.717) is 24.2 Å². The Hall–Kier alpha value is -1.88. The Bertz CT molecular complexity index is 404. The summed E-state index contributed by atoms with van der Waals surface area (Å²) in [5, 5.41) is 8.20. The highest BCUT2D eigenvalue weighted by atomic mass is 16.2. The van der Waals surface area contributed by atoms with Crippen LogP contribution in [0.3, 0.4) is 0 Å². The minimum atomic E-state index is -0.199. The Morgan fingerprint density at radius 1 is 1.06 bits per heavy atom. The first-order valence-electron chi connectivity index (χ1n) is 5.44. The number of hydrogen-bond donors (Lipinski definition) is 3. The molecule has 3 N–H and O–H groups in total. The van der Waals surface area contributed by atoms with Gasteiger partial charge in [0.1, 0.15) is 0 Å². The highest BCUT2D eigenvalue weighted by Crippen LogP contribution is 2.05. The molecule has 5 nitrogen and oxygen atoms in total. The summed E-state index contributed by atoms with van der Waals surface area (Å²) in [4.78, 5) is 23.1. The van der Waals surface area contributed by atoms with Crippen molar-refractivity contribution < 1.29 is 9.59 Å². The van der Waals surface area contributed by atoms with Gasteiger partial charge in [0.15, 0.2) is 0 Å². The lowest BCUT2D eigenvalue weighted by Gasteiger charge is -2.06. The first kappa shape index (κ1) is 13.2. The van der Waals surface area contributed by atoms with Gasteiger partial charge in [-0.2, -0.15) is 0 Å². The summed E-state index contributed by atoms with van der Waals surface area (Å²) >= 11 is 0. The van der Waals surface area contributed by atoms with Gasteiger partial charge in [0.2, 0.25) is 0 Å². The molecule has 1 aromatic rings. The average molecular weight is 235 g/mol. The lowest BCUT2D eigenvalue weighted by atomic mass is 10.1. The van der Waals surface area contributed by atoms with E-state index in [2.05, 4.69) is 16.0 Å². The van der Waals surface area contributed by atoms with Gasteiger partial charge >= 0.3 is 0 Å². The number of carbonyl (C=O) groups excluding carboxylic acids is 2. The van der Waals surface area contributed by atoms with E-state index < -0.39 is 0 Å². The smallest absolute Gasteiger partial charge is 0.251 e. The average Bonchev–Trinajstić information content (AvgIpc) is 2.38. The molecule has 0 bridgehead atoms. The van der Waals surface area contributed by atoms with Crippen LogP contribution in [0.1, 0.15) is 20.7 Å². The number of rotatable bonds is 5. The fourth-order valence-electron chi connectivity index (χ4n) is 1.35. The molecule has 0 fully saturated rings. The summed E-state index contributed by atoms with van der Waals surface area (Å²) in [5.74, 6) is -0.374. The zero-order valence-corrected chi connectivity index (χ0v) is 10.0. The van der Waals surface area contributed by atoms with Crippen LogP contribution in [0.4, 0.5) is 0 Å². The molecule has 0 unspecified atom stereocenters. The van der Waals surface area contributed by atoms with Gasteiger partial charge in [0.05, 0.1) is 0 Å². The first-order chi connectivity index (χ1) is 8.19. The van der Waals surface area contributed by atoms with Crippen LogP contribution in [0, 0.1) is 0 Å². The van der Waals surface area contributed by atoms with E-state index in [4.69, 9.17) is 0 Å². The normalized spacial score (nSPS) is 9.76. The third kappa shape index (κ3) is 3.88. The summed E-state index contributed by atoms with van der Waals surface area (Å²) in [5.41, 5.74) is 0.968. The van der Waals surface area contributed by atoms with Crippen LogP contribution in [0.5, 0.6) is 0 Å². The van der Waals surface area contributed by atoms with E-state index in [1.807, 2.05) is 7.05 Å². The van der Waals surface area contributed by atoms with Crippen molar-refractivity contribution in [3.63, 3.8) is 0 Å². The summed E-state index contributed by atoms with van der Waals surface area (Å²) in [6, 6.07) is 6.62. The molecule has 0 spiro atoms. The number of nitrogens with one attached hydrogen (secondary N) is 3. The standard InChI is InChI=1S/C12H17N3O2/c1-13-6-7-15-12(17)10-5-3-4-9(8-10)11(16)14-2/h3-5,8,13H,6-7H2,1-2H3,(H,14,16)(H,15,17). The van der Waals surface area contributed by atoms with Gasteiger partial charge in [-0.3, -0.25) is 9.59 Å². The third-order valence-electron chi connectivity index (χ3n) is 2.27. The molecular weight excluding hydrogens is 218 g/mol. The second kappa shape index (κ2) is 6.65. The molecule has 0 aliphatic rings. The number of amides is 2. The Balaban J connectivity index is 2.70. The van der Waals surface area contributed by atoms with Crippen LogP contribution in [-0.4, -0.2) is 39.0 Å². The summed E-state index contributed by atoms with van der Waals surface area (Å²) in [7, 11) is 3.38. The van der Waals surface area contributed by atoms with Crippen molar-refractivity contribution in [2.45, 2.75) is 0 Å². The maximum absolute atomic E-state index is 11.7. The van der Waals surface area contributed by atoms with Crippen LogP contribution in [-0.2, 0) is 0 Å².